The van der Waals surface area contributed by atoms with Gasteiger partial charge in [-0.15, -0.1) is 0 Å². The number of ether oxygens (including phenoxy) is 1. The van der Waals surface area contributed by atoms with E-state index in [2.05, 4.69) is 0 Å². The van der Waals surface area contributed by atoms with Crippen molar-refractivity contribution in [3.8, 4) is 11.8 Å². The van der Waals surface area contributed by atoms with Crippen LogP contribution in [0.2, 0.25) is 0 Å². The van der Waals surface area contributed by atoms with Crippen LogP contribution in [0.15, 0.2) is 54.6 Å². The molecule has 2 aromatic rings. The molecule has 0 heterocycles. The van der Waals surface area contributed by atoms with Crippen molar-refractivity contribution in [2.75, 3.05) is 18.6 Å². The lowest BCUT2D eigenvalue weighted by Gasteiger charge is -2.20. The highest BCUT2D eigenvalue weighted by Gasteiger charge is 2.20. The summed E-state index contributed by atoms with van der Waals surface area (Å²) in [6.45, 7) is -0.0130. The number of carbonyl (C=O) groups excluding carboxylic acids is 1. The highest BCUT2D eigenvalue weighted by Crippen LogP contribution is 2.22. The van der Waals surface area contributed by atoms with E-state index in [9.17, 15) is 4.79 Å². The molecule has 0 atom stereocenters. The molecule has 100 valence electrons. The average molecular weight is 266 g/mol. The van der Waals surface area contributed by atoms with Gasteiger partial charge < -0.3 is 4.74 Å². The van der Waals surface area contributed by atoms with Crippen molar-refractivity contribution in [2.45, 2.75) is 0 Å². The number of methoxy groups -OCH3 is 1. The summed E-state index contributed by atoms with van der Waals surface area (Å²) in [5.41, 5.74) is 1.12. The highest BCUT2D eigenvalue weighted by atomic mass is 16.5. The lowest BCUT2D eigenvalue weighted by Crippen LogP contribution is -2.31. The van der Waals surface area contributed by atoms with E-state index in [1.807, 2.05) is 24.3 Å². The summed E-state index contributed by atoms with van der Waals surface area (Å²) in [5.74, 6) is 0.242. The number of nitrogens with zero attached hydrogens (tertiary/aromatic N) is 2. The van der Waals surface area contributed by atoms with E-state index in [1.165, 1.54) is 12.0 Å². The van der Waals surface area contributed by atoms with Crippen molar-refractivity contribution in [3.63, 3.8) is 0 Å². The first-order chi connectivity index (χ1) is 9.77. The second-order valence-corrected chi connectivity index (χ2v) is 4.09. The Kier molecular flexibility index (Phi) is 4.35. The fourth-order valence-electron chi connectivity index (χ4n) is 1.93. The lowest BCUT2D eigenvalue weighted by atomic mass is 10.1. The van der Waals surface area contributed by atoms with Crippen LogP contribution >= 0.6 is 0 Å². The van der Waals surface area contributed by atoms with E-state index in [0.29, 0.717) is 17.0 Å². The predicted octanol–water partition coefficient (Wildman–Crippen LogP) is 2.87. The number of benzene rings is 2. The summed E-state index contributed by atoms with van der Waals surface area (Å²) in [6.07, 6.45) is 0. The zero-order chi connectivity index (χ0) is 14.4. The van der Waals surface area contributed by atoms with Gasteiger partial charge in [0.1, 0.15) is 12.3 Å². The Bertz CT molecular complexity index is 632. The van der Waals surface area contributed by atoms with Gasteiger partial charge in [0.25, 0.3) is 5.91 Å². The summed E-state index contributed by atoms with van der Waals surface area (Å²) in [5, 5.41) is 8.95. The van der Waals surface area contributed by atoms with Crippen molar-refractivity contribution in [2.24, 2.45) is 0 Å². The number of nitriles is 1. The monoisotopic (exact) mass is 266 g/mol. The smallest absolute Gasteiger partial charge is 0.262 e. The van der Waals surface area contributed by atoms with Gasteiger partial charge in [-0.05, 0) is 24.3 Å². The Labute approximate surface area is 117 Å². The quantitative estimate of drug-likeness (QED) is 0.799. The van der Waals surface area contributed by atoms with Crippen molar-refractivity contribution >= 4 is 11.6 Å². The molecule has 0 aliphatic heterocycles. The van der Waals surface area contributed by atoms with E-state index in [1.54, 1.807) is 36.4 Å². The maximum atomic E-state index is 12.6. The van der Waals surface area contributed by atoms with E-state index >= 15 is 0 Å². The molecule has 4 nitrogen and oxygen atoms in total. The zero-order valence-corrected chi connectivity index (χ0v) is 11.1. The standard InChI is InChI=1S/C16H14N2O2/c1-20-15-10-6-5-9-14(15)16(19)18(12-11-17)13-7-3-2-4-8-13/h2-10H,12H2,1H3. The molecule has 2 aromatic carbocycles. The van der Waals surface area contributed by atoms with Crippen LogP contribution in [-0.2, 0) is 0 Å². The Balaban J connectivity index is 2.40. The van der Waals surface area contributed by atoms with E-state index in [4.69, 9.17) is 10.00 Å². The maximum absolute atomic E-state index is 12.6. The largest absolute Gasteiger partial charge is 0.496 e. The highest BCUT2D eigenvalue weighted by molar-refractivity contribution is 6.08. The van der Waals surface area contributed by atoms with Gasteiger partial charge in [0.15, 0.2) is 0 Å². The van der Waals surface area contributed by atoms with Gasteiger partial charge in [-0.2, -0.15) is 5.26 Å². The van der Waals surface area contributed by atoms with Crippen molar-refractivity contribution in [3.05, 3.63) is 60.2 Å². The number of hydrogen-bond donors (Lipinski definition) is 0. The van der Waals surface area contributed by atoms with Gasteiger partial charge in [0, 0.05) is 5.69 Å². The molecule has 0 bridgehead atoms. The first kappa shape index (κ1) is 13.6. The Morgan fingerprint density at radius 3 is 2.45 bits per heavy atom. The lowest BCUT2D eigenvalue weighted by molar-refractivity contribution is 0.0987. The van der Waals surface area contributed by atoms with Gasteiger partial charge in [0.2, 0.25) is 0 Å². The second-order valence-electron chi connectivity index (χ2n) is 4.09. The third kappa shape index (κ3) is 2.78. The molecule has 0 radical (unpaired) electrons. The molecule has 0 saturated carbocycles. The Hall–Kier alpha value is -2.80. The fraction of sp³-hybridized carbons (Fsp3) is 0.125. The molecular weight excluding hydrogens is 252 g/mol. The first-order valence-electron chi connectivity index (χ1n) is 6.15. The Morgan fingerprint density at radius 2 is 1.80 bits per heavy atom. The predicted molar refractivity (Wildman–Crippen MR) is 76.7 cm³/mol. The summed E-state index contributed by atoms with van der Waals surface area (Å²) < 4.78 is 5.20. The molecular formula is C16H14N2O2. The molecule has 0 fully saturated rings. The van der Waals surface area contributed by atoms with Gasteiger partial charge in [0.05, 0.1) is 18.7 Å². The minimum absolute atomic E-state index is 0.0130. The van der Waals surface area contributed by atoms with Crippen LogP contribution in [0.3, 0.4) is 0 Å². The van der Waals surface area contributed by atoms with Gasteiger partial charge >= 0.3 is 0 Å². The normalized spacial score (nSPS) is 9.60. The number of para-hydroxylation sites is 2. The van der Waals surface area contributed by atoms with Crippen molar-refractivity contribution in [1.29, 1.82) is 5.26 Å². The molecule has 20 heavy (non-hydrogen) atoms. The first-order valence-corrected chi connectivity index (χ1v) is 6.15. The minimum atomic E-state index is -0.254. The van der Waals surface area contributed by atoms with Crippen LogP contribution in [0.1, 0.15) is 10.4 Å². The molecule has 0 unspecified atom stereocenters. The van der Waals surface area contributed by atoms with Gasteiger partial charge in [-0.3, -0.25) is 9.69 Å². The van der Waals surface area contributed by atoms with E-state index in [0.717, 1.165) is 0 Å². The third-order valence-corrected chi connectivity index (χ3v) is 2.88. The molecule has 0 N–H and O–H groups in total. The number of rotatable bonds is 4. The maximum Gasteiger partial charge on any atom is 0.262 e. The molecule has 0 saturated heterocycles. The summed E-state index contributed by atoms with van der Waals surface area (Å²) in [4.78, 5) is 14.0. The van der Waals surface area contributed by atoms with Crippen LogP contribution in [0.4, 0.5) is 5.69 Å². The minimum Gasteiger partial charge on any atom is -0.496 e. The van der Waals surface area contributed by atoms with E-state index < -0.39 is 0 Å². The summed E-state index contributed by atoms with van der Waals surface area (Å²) >= 11 is 0. The second kappa shape index (κ2) is 6.39. The van der Waals surface area contributed by atoms with Crippen molar-refractivity contribution < 1.29 is 9.53 Å². The van der Waals surface area contributed by atoms with Crippen LogP contribution in [0.25, 0.3) is 0 Å². The number of anilines is 1. The van der Waals surface area contributed by atoms with Crippen LogP contribution < -0.4 is 9.64 Å². The van der Waals surface area contributed by atoms with Gasteiger partial charge in [-0.25, -0.2) is 0 Å². The molecule has 4 heteroatoms. The van der Waals surface area contributed by atoms with Gasteiger partial charge in [-0.1, -0.05) is 30.3 Å². The van der Waals surface area contributed by atoms with Crippen molar-refractivity contribution in [1.82, 2.24) is 0 Å². The number of amides is 1. The SMILES string of the molecule is COc1ccccc1C(=O)N(CC#N)c1ccccc1. The number of carbonyl (C=O) groups is 1. The summed E-state index contributed by atoms with van der Waals surface area (Å²) in [6, 6.07) is 18.1. The average Bonchev–Trinajstić information content (AvgIpc) is 2.52. The zero-order valence-electron chi connectivity index (χ0n) is 11.1. The Morgan fingerprint density at radius 1 is 1.15 bits per heavy atom. The van der Waals surface area contributed by atoms with E-state index in [-0.39, 0.29) is 12.5 Å². The molecule has 0 aromatic heterocycles. The van der Waals surface area contributed by atoms with Crippen LogP contribution in [0.5, 0.6) is 5.75 Å². The number of hydrogen-bond acceptors (Lipinski definition) is 3. The third-order valence-electron chi connectivity index (χ3n) is 2.88. The van der Waals surface area contributed by atoms with Crippen LogP contribution in [0, 0.1) is 11.3 Å². The molecule has 0 spiro atoms. The molecule has 0 aliphatic carbocycles. The molecule has 0 aliphatic rings. The fourth-order valence-corrected chi connectivity index (χ4v) is 1.93. The summed E-state index contributed by atoms with van der Waals surface area (Å²) in [7, 11) is 1.52. The van der Waals surface area contributed by atoms with Crippen LogP contribution in [-0.4, -0.2) is 19.6 Å². The topological polar surface area (TPSA) is 53.3 Å². The molecule has 2 rings (SSSR count). The molecule has 1 amide bonds.